The zero-order valence-corrected chi connectivity index (χ0v) is 21.6. The first-order chi connectivity index (χ1) is 16.4. The van der Waals surface area contributed by atoms with E-state index in [1.165, 1.54) is 5.56 Å². The van der Waals surface area contributed by atoms with Crippen LogP contribution in [-0.2, 0) is 15.4 Å². The fraction of sp³-hybridized carbons (Fsp3) is 0.250. The molecule has 0 spiro atoms. The van der Waals surface area contributed by atoms with Crippen molar-refractivity contribution in [1.82, 2.24) is 5.32 Å². The molecule has 0 radical (unpaired) electrons. The second-order valence-electron chi connectivity index (χ2n) is 9.61. The fourth-order valence-corrected chi connectivity index (χ4v) is 4.12. The van der Waals surface area contributed by atoms with Crippen LogP contribution in [0.2, 0.25) is 0 Å². The molecule has 3 aromatic rings. The number of urea groups is 1. The molecule has 0 bridgehead atoms. The summed E-state index contributed by atoms with van der Waals surface area (Å²) in [5.74, 6) is 0. The van der Waals surface area contributed by atoms with Gasteiger partial charge in [0.25, 0.3) is 0 Å². The van der Waals surface area contributed by atoms with Crippen LogP contribution < -0.4 is 15.4 Å². The maximum atomic E-state index is 12.6. The molecule has 7 heteroatoms. The van der Waals surface area contributed by atoms with Gasteiger partial charge in [-0.15, -0.1) is 0 Å². The highest BCUT2D eigenvalue weighted by Crippen LogP contribution is 2.26. The summed E-state index contributed by atoms with van der Waals surface area (Å²) in [6.45, 7) is 8.31. The van der Waals surface area contributed by atoms with Gasteiger partial charge in [0.05, 0.1) is 18.0 Å². The molecular formula is C28H33N3O3S. The minimum absolute atomic E-state index is 0.0418. The van der Waals surface area contributed by atoms with Crippen molar-refractivity contribution in [1.29, 1.82) is 0 Å². The van der Waals surface area contributed by atoms with E-state index < -0.39 is 10.0 Å². The maximum Gasteiger partial charge on any atom is 0.319 e. The molecule has 2 amide bonds. The van der Waals surface area contributed by atoms with Gasteiger partial charge in [-0.1, -0.05) is 81.5 Å². The van der Waals surface area contributed by atoms with Crippen molar-refractivity contribution in [2.24, 2.45) is 0 Å². The lowest BCUT2D eigenvalue weighted by atomic mass is 9.87. The normalized spacial score (nSPS) is 12.8. The van der Waals surface area contributed by atoms with E-state index in [4.69, 9.17) is 0 Å². The molecule has 184 valence electrons. The monoisotopic (exact) mass is 491 g/mol. The zero-order valence-electron chi connectivity index (χ0n) is 20.8. The summed E-state index contributed by atoms with van der Waals surface area (Å²) in [5, 5.41) is 5.81. The quantitative estimate of drug-likeness (QED) is 0.334. The van der Waals surface area contributed by atoms with E-state index in [1.54, 1.807) is 12.1 Å². The zero-order chi connectivity index (χ0) is 25.6. The van der Waals surface area contributed by atoms with Crippen molar-refractivity contribution in [3.8, 4) is 0 Å². The first-order valence-corrected chi connectivity index (χ1v) is 13.3. The third-order valence-corrected chi connectivity index (χ3v) is 6.07. The number of carbonyl (C=O) groups excluding carboxylic acids is 1. The minimum Gasteiger partial charge on any atom is -0.331 e. The topological polar surface area (TPSA) is 87.3 Å². The lowest BCUT2D eigenvalue weighted by Crippen LogP contribution is -2.31. The molecule has 3 N–H and O–H groups in total. The average Bonchev–Trinajstić information content (AvgIpc) is 2.77. The molecule has 6 nitrogen and oxygen atoms in total. The molecule has 0 aliphatic carbocycles. The molecule has 1 atom stereocenters. The Morgan fingerprint density at radius 2 is 1.57 bits per heavy atom. The number of amides is 2. The molecule has 3 rings (SSSR count). The fourth-order valence-electron chi connectivity index (χ4n) is 3.53. The lowest BCUT2D eigenvalue weighted by Gasteiger charge is -2.20. The van der Waals surface area contributed by atoms with Crippen LogP contribution in [0.1, 0.15) is 56.0 Å². The summed E-state index contributed by atoms with van der Waals surface area (Å²) in [5.41, 5.74) is 4.95. The Hall–Kier alpha value is -3.58. The predicted octanol–water partition coefficient (Wildman–Crippen LogP) is 6.41. The SMILES string of the molecule is CC(NC(=O)Nc1ccc(C(C)(C)C)cc1)c1ccc(NS(C)(=O)=O)c(/C=C/c2ccccc2)c1. The smallest absolute Gasteiger partial charge is 0.319 e. The molecule has 1 unspecified atom stereocenters. The molecule has 0 heterocycles. The molecule has 0 saturated heterocycles. The van der Waals surface area contributed by atoms with Gasteiger partial charge in [0, 0.05) is 5.69 Å². The molecular weight excluding hydrogens is 458 g/mol. The molecule has 0 saturated carbocycles. The van der Waals surface area contributed by atoms with E-state index in [0.717, 1.165) is 17.4 Å². The van der Waals surface area contributed by atoms with E-state index in [-0.39, 0.29) is 17.5 Å². The van der Waals surface area contributed by atoms with Crippen LogP contribution in [-0.4, -0.2) is 20.7 Å². The summed E-state index contributed by atoms with van der Waals surface area (Å²) >= 11 is 0. The van der Waals surface area contributed by atoms with Crippen LogP contribution in [0.4, 0.5) is 16.2 Å². The Labute approximate surface area is 208 Å². The minimum atomic E-state index is -3.45. The number of benzene rings is 3. The summed E-state index contributed by atoms with van der Waals surface area (Å²) in [4.78, 5) is 12.6. The van der Waals surface area contributed by atoms with Crippen molar-refractivity contribution in [3.05, 3.63) is 95.1 Å². The number of carbonyl (C=O) groups is 1. The van der Waals surface area contributed by atoms with E-state index in [1.807, 2.05) is 79.7 Å². The van der Waals surface area contributed by atoms with Crippen molar-refractivity contribution >= 4 is 39.6 Å². The van der Waals surface area contributed by atoms with Gasteiger partial charge in [0.1, 0.15) is 0 Å². The van der Waals surface area contributed by atoms with Gasteiger partial charge in [-0.05, 0) is 58.9 Å². The standard InChI is InChI=1S/C28H33N3O3S/c1-20(29-27(32)30-25-16-14-24(15-17-25)28(2,3)4)22-13-18-26(31-35(5,33)34)23(19-22)12-11-21-9-7-6-8-10-21/h6-20,31H,1-5H3,(H2,29,30,32)/b12-11+. The lowest BCUT2D eigenvalue weighted by molar-refractivity contribution is 0.249. The van der Waals surface area contributed by atoms with Crippen molar-refractivity contribution < 1.29 is 13.2 Å². The number of nitrogens with one attached hydrogen (secondary N) is 3. The van der Waals surface area contributed by atoms with Gasteiger partial charge in [0.2, 0.25) is 10.0 Å². The first kappa shape index (κ1) is 26.0. The van der Waals surface area contributed by atoms with Crippen molar-refractivity contribution in [2.45, 2.75) is 39.2 Å². The van der Waals surface area contributed by atoms with Gasteiger partial charge in [-0.25, -0.2) is 13.2 Å². The molecule has 35 heavy (non-hydrogen) atoms. The number of sulfonamides is 1. The van der Waals surface area contributed by atoms with Crippen LogP contribution in [0.25, 0.3) is 12.2 Å². The Kier molecular flexibility index (Phi) is 8.02. The average molecular weight is 492 g/mol. The highest BCUT2D eigenvalue weighted by Gasteiger charge is 2.15. The van der Waals surface area contributed by atoms with Gasteiger partial charge in [-0.3, -0.25) is 4.72 Å². The first-order valence-electron chi connectivity index (χ1n) is 11.4. The second kappa shape index (κ2) is 10.8. The summed E-state index contributed by atoms with van der Waals surface area (Å²) in [6.07, 6.45) is 4.89. The molecule has 0 aliphatic heterocycles. The highest BCUT2D eigenvalue weighted by molar-refractivity contribution is 7.92. The number of rotatable bonds is 7. The third-order valence-electron chi connectivity index (χ3n) is 5.48. The van der Waals surface area contributed by atoms with Crippen LogP contribution in [0.5, 0.6) is 0 Å². The Morgan fingerprint density at radius 1 is 0.914 bits per heavy atom. The summed E-state index contributed by atoms with van der Waals surface area (Å²) in [6, 6.07) is 22.3. The highest BCUT2D eigenvalue weighted by atomic mass is 32.2. The van der Waals surface area contributed by atoms with Crippen LogP contribution in [0.15, 0.2) is 72.8 Å². The van der Waals surface area contributed by atoms with E-state index in [0.29, 0.717) is 16.9 Å². The third kappa shape index (κ3) is 8.00. The van der Waals surface area contributed by atoms with E-state index >= 15 is 0 Å². The summed E-state index contributed by atoms with van der Waals surface area (Å²) < 4.78 is 26.2. The second-order valence-corrected chi connectivity index (χ2v) is 11.4. The maximum absolute atomic E-state index is 12.6. The largest absolute Gasteiger partial charge is 0.331 e. The molecule has 3 aromatic carbocycles. The van der Waals surface area contributed by atoms with Crippen LogP contribution >= 0.6 is 0 Å². The number of anilines is 2. The van der Waals surface area contributed by atoms with Crippen LogP contribution in [0, 0.1) is 0 Å². The molecule has 0 aromatic heterocycles. The summed E-state index contributed by atoms with van der Waals surface area (Å²) in [7, 11) is -3.45. The Balaban J connectivity index is 1.76. The number of hydrogen-bond donors (Lipinski definition) is 3. The van der Waals surface area contributed by atoms with E-state index in [9.17, 15) is 13.2 Å². The van der Waals surface area contributed by atoms with Gasteiger partial charge >= 0.3 is 6.03 Å². The van der Waals surface area contributed by atoms with Gasteiger partial charge in [0.15, 0.2) is 0 Å². The van der Waals surface area contributed by atoms with Gasteiger partial charge in [-0.2, -0.15) is 0 Å². The number of hydrogen-bond acceptors (Lipinski definition) is 3. The molecule has 0 fully saturated rings. The Morgan fingerprint density at radius 3 is 2.17 bits per heavy atom. The van der Waals surface area contributed by atoms with Crippen molar-refractivity contribution in [3.63, 3.8) is 0 Å². The Bertz CT molecular complexity index is 1290. The van der Waals surface area contributed by atoms with Gasteiger partial charge < -0.3 is 10.6 Å². The molecule has 0 aliphatic rings. The van der Waals surface area contributed by atoms with Crippen molar-refractivity contribution in [2.75, 3.05) is 16.3 Å². The van der Waals surface area contributed by atoms with Crippen LogP contribution in [0.3, 0.4) is 0 Å². The predicted molar refractivity (Wildman–Crippen MR) is 146 cm³/mol. The van der Waals surface area contributed by atoms with E-state index in [2.05, 4.69) is 36.1 Å².